The summed E-state index contributed by atoms with van der Waals surface area (Å²) in [5, 5.41) is 17.2. The Hall–Kier alpha value is -1.14. The lowest BCUT2D eigenvalue weighted by molar-refractivity contribution is -0.144. The van der Waals surface area contributed by atoms with Crippen LogP contribution in [0.25, 0.3) is 0 Å². The first-order valence-electron chi connectivity index (χ1n) is 11.1. The molecule has 0 saturated heterocycles. The molecule has 0 unspecified atom stereocenters. The molecule has 0 fully saturated rings. The largest absolute Gasteiger partial charge is 0.481 e. The number of unbranched alkanes of at least 4 members (excludes halogenated alkanes) is 14. The van der Waals surface area contributed by atoms with E-state index in [1.807, 2.05) is 0 Å². The van der Waals surface area contributed by atoms with Gasteiger partial charge in [0.1, 0.15) is 0 Å². The number of rotatable bonds is 21. The molecule has 0 aromatic rings. The molecule has 0 bridgehead atoms. The van der Waals surface area contributed by atoms with Gasteiger partial charge in [0.2, 0.25) is 0 Å². The molecule has 0 spiro atoms. The van der Waals surface area contributed by atoms with Gasteiger partial charge in [0.05, 0.1) is 6.61 Å². The summed E-state index contributed by atoms with van der Waals surface area (Å²) in [6, 6.07) is 0. The first-order valence-corrected chi connectivity index (χ1v) is 11.1. The van der Waals surface area contributed by atoms with E-state index in [0.717, 1.165) is 64.2 Å². The third-order valence-corrected chi connectivity index (χ3v) is 4.84. The van der Waals surface area contributed by atoms with E-state index in [9.17, 15) is 9.59 Å². The number of hydrogen-bond acceptors (Lipinski definition) is 4. The lowest BCUT2D eigenvalue weighted by Gasteiger charge is -2.05. The van der Waals surface area contributed by atoms with Crippen LogP contribution < -0.4 is 0 Å². The van der Waals surface area contributed by atoms with Crippen LogP contribution in [0.1, 0.15) is 116 Å². The van der Waals surface area contributed by atoms with E-state index in [4.69, 9.17) is 14.9 Å². The molecule has 6 heteroatoms. The molecule has 0 aliphatic heterocycles. The van der Waals surface area contributed by atoms with Gasteiger partial charge in [-0.15, -0.1) is 0 Å². The number of aliphatic hydroxyl groups is 1. The predicted molar refractivity (Wildman–Crippen MR) is 112 cm³/mol. The molecule has 0 rings (SSSR count). The van der Waals surface area contributed by atoms with Gasteiger partial charge in [-0.05, 0) is 25.7 Å². The van der Waals surface area contributed by atoms with Crippen molar-refractivity contribution in [1.82, 2.24) is 0 Å². The fraction of sp³-hybridized carbons (Fsp3) is 0.909. The van der Waals surface area contributed by atoms with E-state index in [1.165, 1.54) is 38.5 Å². The van der Waals surface area contributed by atoms with E-state index < -0.39 is 5.97 Å². The van der Waals surface area contributed by atoms with Crippen molar-refractivity contribution in [2.45, 2.75) is 116 Å². The normalized spacial score (nSPS) is 10.5. The van der Waals surface area contributed by atoms with E-state index in [0.29, 0.717) is 19.6 Å². The number of carboxylic acids is 1. The van der Waals surface area contributed by atoms with Crippen LogP contribution in [0.3, 0.4) is 0 Å². The molecule has 168 valence electrons. The van der Waals surface area contributed by atoms with Crippen LogP contribution in [0.4, 0.5) is 0 Å². The molecular formula is C22H44O6. The van der Waals surface area contributed by atoms with Gasteiger partial charge in [0.15, 0.2) is 0 Å². The third kappa shape index (κ3) is 24.9. The Labute approximate surface area is 171 Å². The Morgan fingerprint density at radius 1 is 0.571 bits per heavy atom. The Morgan fingerprint density at radius 3 is 1.43 bits per heavy atom. The zero-order valence-electron chi connectivity index (χ0n) is 17.8. The maximum Gasteiger partial charge on any atom is 0.305 e. The second kappa shape index (κ2) is 23.9. The summed E-state index contributed by atoms with van der Waals surface area (Å²) < 4.78 is 5.27. The fourth-order valence-corrected chi connectivity index (χ4v) is 3.14. The van der Waals surface area contributed by atoms with E-state index >= 15 is 0 Å². The van der Waals surface area contributed by atoms with Crippen LogP contribution in [0, 0.1) is 0 Å². The average molecular weight is 405 g/mol. The summed E-state index contributed by atoms with van der Waals surface area (Å²) in [5.74, 6) is -0.799. The molecule has 28 heavy (non-hydrogen) atoms. The number of carbonyl (C=O) groups excluding carboxylic acids is 1. The molecule has 0 amide bonds. The molecule has 0 aliphatic rings. The Kier molecular flexibility index (Phi) is 24.8. The molecule has 0 aromatic heterocycles. The molecule has 0 atom stereocenters. The molecule has 0 heterocycles. The highest BCUT2D eigenvalue weighted by Gasteiger charge is 2.03. The minimum absolute atomic E-state index is 0. The minimum Gasteiger partial charge on any atom is -0.481 e. The van der Waals surface area contributed by atoms with Gasteiger partial charge in [-0.1, -0.05) is 77.0 Å². The summed E-state index contributed by atoms with van der Waals surface area (Å²) in [7, 11) is 0. The van der Waals surface area contributed by atoms with Gasteiger partial charge in [-0.2, -0.15) is 0 Å². The highest BCUT2D eigenvalue weighted by molar-refractivity contribution is 5.69. The van der Waals surface area contributed by atoms with Crippen LogP contribution in [0.15, 0.2) is 0 Å². The summed E-state index contributed by atoms with van der Waals surface area (Å²) in [5.41, 5.74) is 0. The van der Waals surface area contributed by atoms with Gasteiger partial charge in [-0.25, -0.2) is 0 Å². The van der Waals surface area contributed by atoms with Crippen LogP contribution in [-0.4, -0.2) is 40.8 Å². The second-order valence-electron chi connectivity index (χ2n) is 7.49. The summed E-state index contributed by atoms with van der Waals surface area (Å²) in [6.45, 7) is 0.871. The van der Waals surface area contributed by atoms with Crippen molar-refractivity contribution in [3.05, 3.63) is 0 Å². The van der Waals surface area contributed by atoms with Gasteiger partial charge in [0.25, 0.3) is 0 Å². The number of hydrogen-bond donors (Lipinski definition) is 2. The molecule has 0 radical (unpaired) electrons. The van der Waals surface area contributed by atoms with Crippen molar-refractivity contribution in [2.24, 2.45) is 0 Å². The first kappa shape index (κ1) is 29.1. The van der Waals surface area contributed by atoms with Gasteiger partial charge < -0.3 is 20.4 Å². The predicted octanol–water partition coefficient (Wildman–Crippen LogP) is 4.80. The molecule has 6 nitrogen and oxygen atoms in total. The lowest BCUT2D eigenvalue weighted by atomic mass is 10.1. The van der Waals surface area contributed by atoms with Crippen molar-refractivity contribution in [2.75, 3.05) is 13.2 Å². The Morgan fingerprint density at radius 2 is 0.964 bits per heavy atom. The number of carbonyl (C=O) groups is 2. The van der Waals surface area contributed by atoms with Crippen molar-refractivity contribution in [3.63, 3.8) is 0 Å². The highest BCUT2D eigenvalue weighted by atomic mass is 16.5. The van der Waals surface area contributed by atoms with Gasteiger partial charge >= 0.3 is 11.9 Å². The van der Waals surface area contributed by atoms with Crippen molar-refractivity contribution in [1.29, 1.82) is 0 Å². The zero-order chi connectivity index (χ0) is 20.0. The Bertz CT molecular complexity index is 346. The topological polar surface area (TPSA) is 115 Å². The Balaban J connectivity index is 0. The third-order valence-electron chi connectivity index (χ3n) is 4.84. The van der Waals surface area contributed by atoms with Gasteiger partial charge in [0, 0.05) is 19.4 Å². The molecule has 0 aromatic carbocycles. The average Bonchev–Trinajstić information content (AvgIpc) is 2.64. The first-order chi connectivity index (χ1) is 13.2. The van der Waals surface area contributed by atoms with Crippen molar-refractivity contribution in [3.8, 4) is 0 Å². The van der Waals surface area contributed by atoms with Crippen LogP contribution in [0.5, 0.6) is 0 Å². The smallest absolute Gasteiger partial charge is 0.305 e. The fourth-order valence-electron chi connectivity index (χ4n) is 3.14. The molecule has 0 aliphatic carbocycles. The quantitative estimate of drug-likeness (QED) is 0.210. The molecule has 4 N–H and O–H groups in total. The van der Waals surface area contributed by atoms with E-state index in [-0.39, 0.29) is 17.9 Å². The van der Waals surface area contributed by atoms with Crippen molar-refractivity contribution >= 4 is 11.9 Å². The second-order valence-corrected chi connectivity index (χ2v) is 7.49. The highest BCUT2D eigenvalue weighted by Crippen LogP contribution is 2.11. The van der Waals surface area contributed by atoms with E-state index in [1.54, 1.807) is 0 Å². The number of ether oxygens (including phenoxy) is 1. The maximum absolute atomic E-state index is 11.6. The number of aliphatic carboxylic acids is 1. The SMILES string of the molecule is O.O=C(O)CCCCCCCCC(=O)OCCCCCCCCCCCCO. The minimum atomic E-state index is -0.719. The van der Waals surface area contributed by atoms with Gasteiger partial charge in [-0.3, -0.25) is 9.59 Å². The zero-order valence-corrected chi connectivity index (χ0v) is 17.8. The number of carboxylic acid groups (broad SMARTS) is 1. The monoisotopic (exact) mass is 404 g/mol. The van der Waals surface area contributed by atoms with Crippen LogP contribution in [-0.2, 0) is 14.3 Å². The summed E-state index contributed by atoms with van der Waals surface area (Å²) in [6.07, 6.45) is 18.2. The summed E-state index contributed by atoms with van der Waals surface area (Å²) in [4.78, 5) is 22.0. The number of esters is 1. The number of aliphatic hydroxyl groups excluding tert-OH is 1. The molecular weight excluding hydrogens is 360 g/mol. The van der Waals surface area contributed by atoms with Crippen LogP contribution >= 0.6 is 0 Å². The lowest BCUT2D eigenvalue weighted by Crippen LogP contribution is -2.05. The standard InChI is InChI=1S/C22H42O5.H2O/c23-19-15-11-7-3-1-2-4-8-12-16-20-27-22(26)18-14-10-6-5-9-13-17-21(24)25;/h23H,1-20H2,(H,24,25);1H2. The van der Waals surface area contributed by atoms with E-state index in [2.05, 4.69) is 0 Å². The summed E-state index contributed by atoms with van der Waals surface area (Å²) >= 11 is 0. The maximum atomic E-state index is 11.6. The van der Waals surface area contributed by atoms with Crippen LogP contribution in [0.2, 0.25) is 0 Å². The molecule has 0 saturated carbocycles. The van der Waals surface area contributed by atoms with Crippen molar-refractivity contribution < 1.29 is 30.0 Å².